The number of ether oxygens (including phenoxy) is 2. The van der Waals surface area contributed by atoms with E-state index in [4.69, 9.17) is 21.1 Å². The number of nitro benzene ring substituents is 1. The third-order valence-corrected chi connectivity index (χ3v) is 11.4. The molecule has 2 fully saturated rings. The number of nitrogens with zero attached hydrogens (tertiary/aromatic N) is 4. The molecule has 1 atom stereocenters. The Morgan fingerprint density at radius 2 is 1.82 bits per heavy atom. The molecular weight excluding hydrogens is 743 g/mol. The van der Waals surface area contributed by atoms with Crippen LogP contribution < -0.4 is 20.1 Å². The molecule has 1 saturated heterocycles. The van der Waals surface area contributed by atoms with Crippen LogP contribution >= 0.6 is 11.6 Å². The van der Waals surface area contributed by atoms with E-state index in [1.165, 1.54) is 26.4 Å². The summed E-state index contributed by atoms with van der Waals surface area (Å²) in [5, 5.41) is 33.6. The average Bonchev–Trinajstić information content (AvgIpc) is 3.77. The van der Waals surface area contributed by atoms with Gasteiger partial charge < -0.3 is 25.2 Å². The van der Waals surface area contributed by atoms with E-state index in [1.807, 2.05) is 48.3 Å². The second kappa shape index (κ2) is 16.3. The highest BCUT2D eigenvalue weighted by molar-refractivity contribution is 6.36. The number of amides is 1. The largest absolute Gasteiger partial charge is 0.496 e. The van der Waals surface area contributed by atoms with Crippen molar-refractivity contribution in [1.82, 2.24) is 25.3 Å². The lowest BCUT2D eigenvalue weighted by Crippen LogP contribution is -2.44. The molecule has 56 heavy (non-hydrogen) atoms. The van der Waals surface area contributed by atoms with Gasteiger partial charge in [0.25, 0.3) is 5.69 Å². The number of hydrogen-bond acceptors (Lipinski definition) is 9. The molecule has 292 valence electrons. The molecule has 0 radical (unpaired) electrons. The summed E-state index contributed by atoms with van der Waals surface area (Å²) in [5.74, 6) is -0.753. The number of fused-ring (bicyclic) bond motifs is 1. The minimum absolute atomic E-state index is 0.00971. The zero-order valence-corrected chi connectivity index (χ0v) is 31.9. The van der Waals surface area contributed by atoms with Gasteiger partial charge >= 0.3 is 5.97 Å². The molecule has 0 unspecified atom stereocenters. The Bertz CT molecular complexity index is 2330. The predicted octanol–water partition coefficient (Wildman–Crippen LogP) is 6.80. The van der Waals surface area contributed by atoms with Crippen LogP contribution in [-0.4, -0.2) is 76.5 Å². The van der Waals surface area contributed by atoms with E-state index in [2.05, 4.69) is 15.7 Å². The van der Waals surface area contributed by atoms with Gasteiger partial charge in [-0.05, 0) is 61.7 Å². The molecule has 1 aliphatic carbocycles. The summed E-state index contributed by atoms with van der Waals surface area (Å²) < 4.78 is 28.7. The lowest BCUT2D eigenvalue weighted by atomic mass is 9.79. The van der Waals surface area contributed by atoms with Gasteiger partial charge in [-0.3, -0.25) is 29.3 Å². The lowest BCUT2D eigenvalue weighted by molar-refractivity contribution is -0.385. The number of hydrogen-bond donors (Lipinski definition) is 3. The minimum atomic E-state index is -0.806. The van der Waals surface area contributed by atoms with Crippen molar-refractivity contribution < 1.29 is 33.5 Å². The second-order valence-electron chi connectivity index (χ2n) is 14.4. The Labute approximate surface area is 327 Å². The van der Waals surface area contributed by atoms with E-state index in [0.29, 0.717) is 82.3 Å². The fourth-order valence-electron chi connectivity index (χ4n) is 7.72. The van der Waals surface area contributed by atoms with Crippen molar-refractivity contribution in [1.29, 1.82) is 0 Å². The van der Waals surface area contributed by atoms with Gasteiger partial charge in [-0.25, -0.2) is 4.39 Å². The van der Waals surface area contributed by atoms with Crippen LogP contribution in [-0.2, 0) is 29.2 Å². The molecule has 2 aliphatic rings. The van der Waals surface area contributed by atoms with Gasteiger partial charge in [0.15, 0.2) is 0 Å². The Morgan fingerprint density at radius 1 is 1.09 bits per heavy atom. The molecule has 3 N–H and O–H groups in total. The number of aliphatic carboxylic acids is 1. The number of carbonyl (C=O) groups excluding carboxylic acids is 1. The van der Waals surface area contributed by atoms with E-state index >= 15 is 4.39 Å². The van der Waals surface area contributed by atoms with Gasteiger partial charge in [0.1, 0.15) is 17.3 Å². The van der Waals surface area contributed by atoms with Crippen molar-refractivity contribution in [2.45, 2.75) is 57.4 Å². The second-order valence-corrected chi connectivity index (χ2v) is 14.8. The number of aromatic nitrogens is 2. The van der Waals surface area contributed by atoms with E-state index < -0.39 is 16.7 Å². The summed E-state index contributed by atoms with van der Waals surface area (Å²) in [7, 11) is 4.88. The molecule has 1 aliphatic heterocycles. The highest BCUT2D eigenvalue weighted by Gasteiger charge is 2.37. The fraction of sp³-hybridized carbons (Fsp3) is 0.341. The molecule has 13 nitrogen and oxygen atoms in total. The summed E-state index contributed by atoms with van der Waals surface area (Å²) >= 11 is 7.11. The van der Waals surface area contributed by atoms with Crippen molar-refractivity contribution in [2.24, 2.45) is 5.92 Å². The SMILES string of the molecule is COc1cc(Cn2ncc3c(-c4cccc(-c5cc(F)c(CNC[C@@H]6CCC(=O)N6)c(OC)c5)c4Cl)cccc32)c([N+](=O)[O-])cc1CN(C)C1CC(C(=O)O)C1. The number of nitro groups is 1. The molecule has 15 heteroatoms. The summed E-state index contributed by atoms with van der Waals surface area (Å²) in [5.41, 5.74) is 4.66. The zero-order chi connectivity index (χ0) is 39.7. The topological polar surface area (TPSA) is 161 Å². The van der Waals surface area contributed by atoms with Crippen LogP contribution in [0.25, 0.3) is 33.2 Å². The van der Waals surface area contributed by atoms with Gasteiger partial charge in [-0.1, -0.05) is 41.9 Å². The van der Waals surface area contributed by atoms with Gasteiger partial charge in [0.2, 0.25) is 5.91 Å². The van der Waals surface area contributed by atoms with Gasteiger partial charge in [0, 0.05) is 71.8 Å². The molecule has 4 aromatic carbocycles. The van der Waals surface area contributed by atoms with Crippen LogP contribution in [0.2, 0.25) is 5.02 Å². The molecule has 1 saturated carbocycles. The van der Waals surface area contributed by atoms with Crippen LogP contribution in [0, 0.1) is 21.8 Å². The first kappa shape index (κ1) is 38.7. The smallest absolute Gasteiger partial charge is 0.306 e. The van der Waals surface area contributed by atoms with Crippen molar-refractivity contribution in [2.75, 3.05) is 27.8 Å². The highest BCUT2D eigenvalue weighted by atomic mass is 35.5. The first-order valence-electron chi connectivity index (χ1n) is 18.3. The molecule has 1 aromatic heterocycles. The molecular formula is C41H42ClFN6O7. The number of nitrogens with one attached hydrogen (secondary N) is 2. The zero-order valence-electron chi connectivity index (χ0n) is 31.2. The first-order chi connectivity index (χ1) is 26.9. The van der Waals surface area contributed by atoms with Crippen LogP contribution in [0.15, 0.2) is 66.9 Å². The van der Waals surface area contributed by atoms with Crippen molar-refractivity contribution in [3.63, 3.8) is 0 Å². The summed E-state index contributed by atoms with van der Waals surface area (Å²) in [6, 6.07) is 17.7. The normalized spacial score (nSPS) is 17.9. The van der Waals surface area contributed by atoms with Crippen LogP contribution in [0.5, 0.6) is 11.5 Å². The Balaban J connectivity index is 1.14. The maximum Gasteiger partial charge on any atom is 0.306 e. The van der Waals surface area contributed by atoms with E-state index in [0.717, 1.165) is 22.9 Å². The van der Waals surface area contributed by atoms with Crippen molar-refractivity contribution >= 4 is 40.1 Å². The van der Waals surface area contributed by atoms with E-state index in [-0.39, 0.29) is 42.7 Å². The first-order valence-corrected chi connectivity index (χ1v) is 18.7. The number of benzene rings is 4. The lowest BCUT2D eigenvalue weighted by Gasteiger charge is -2.39. The molecule has 1 amide bonds. The maximum atomic E-state index is 15.7. The summed E-state index contributed by atoms with van der Waals surface area (Å²) in [6.07, 6.45) is 3.98. The highest BCUT2D eigenvalue weighted by Crippen LogP contribution is 2.41. The molecule has 0 spiro atoms. The van der Waals surface area contributed by atoms with E-state index in [1.54, 1.807) is 23.0 Å². The minimum Gasteiger partial charge on any atom is -0.496 e. The fourth-order valence-corrected chi connectivity index (χ4v) is 8.06. The Kier molecular flexibility index (Phi) is 11.2. The Morgan fingerprint density at radius 3 is 2.52 bits per heavy atom. The molecule has 7 rings (SSSR count). The van der Waals surface area contributed by atoms with Crippen molar-refractivity contribution in [3.05, 3.63) is 105 Å². The van der Waals surface area contributed by atoms with Crippen LogP contribution in [0.1, 0.15) is 42.4 Å². The van der Waals surface area contributed by atoms with Gasteiger partial charge in [-0.2, -0.15) is 5.10 Å². The third kappa shape index (κ3) is 7.77. The summed E-state index contributed by atoms with van der Waals surface area (Å²) in [4.78, 5) is 36.8. The maximum absolute atomic E-state index is 15.7. The van der Waals surface area contributed by atoms with Crippen LogP contribution in [0.4, 0.5) is 10.1 Å². The standard InChI is InChI=1S/C41H42ClFN6O7/c1-47(28-12-24(13-28)41(51)52)21-26-15-36(49(53)54)25(17-37(26)55-2)22-48-35-9-5-7-30(32(35)20-45-48)31-8-4-6-29(40(31)42)23-14-34(43)33(38(16-23)56-3)19-44-18-27-10-11-39(50)46-27/h4-9,14-17,20,24,27-28,44H,10-13,18-19,21-22H2,1-3H3,(H,46,50)(H,51,52)/t24?,27-,28?/m0/s1. The number of carboxylic acid groups (broad SMARTS) is 1. The quantitative estimate of drug-likeness (QED) is 0.0761. The van der Waals surface area contributed by atoms with Gasteiger partial charge in [0.05, 0.1) is 53.9 Å². The number of rotatable bonds is 15. The number of carboxylic acids is 1. The molecule has 0 bridgehead atoms. The van der Waals surface area contributed by atoms with Gasteiger partial charge in [-0.15, -0.1) is 0 Å². The average molecular weight is 785 g/mol. The third-order valence-electron chi connectivity index (χ3n) is 10.9. The molecule has 5 aromatic rings. The number of carbonyl (C=O) groups is 2. The van der Waals surface area contributed by atoms with Crippen molar-refractivity contribution in [3.8, 4) is 33.8 Å². The number of methoxy groups -OCH3 is 2. The van der Waals surface area contributed by atoms with Crippen LogP contribution in [0.3, 0.4) is 0 Å². The predicted molar refractivity (Wildman–Crippen MR) is 209 cm³/mol. The number of halogens is 2. The molecule has 2 heterocycles. The Hall–Kier alpha value is -5.57. The summed E-state index contributed by atoms with van der Waals surface area (Å²) in [6.45, 7) is 1.18. The monoisotopic (exact) mass is 784 g/mol. The van der Waals surface area contributed by atoms with E-state index in [9.17, 15) is 24.8 Å².